The summed E-state index contributed by atoms with van der Waals surface area (Å²) in [5.41, 5.74) is -0.0972. The number of benzene rings is 1. The predicted molar refractivity (Wildman–Crippen MR) is 73.1 cm³/mol. The fraction of sp³-hybridized carbons (Fsp3) is 0.333. The van der Waals surface area contributed by atoms with Crippen LogP contribution in [0.25, 0.3) is 11.4 Å². The standard InChI is InChI=1S/C15H14F2N2O2/c16-10-5-9(6-11(17)7-10)13-18-14(20)12(15(21)19-13)8-3-1-2-4-8/h5-8H,1-4H2,(H2,18,19,20,21). The molecule has 0 saturated heterocycles. The molecule has 0 bridgehead atoms. The van der Waals surface area contributed by atoms with Gasteiger partial charge in [0.15, 0.2) is 0 Å². The van der Waals surface area contributed by atoms with Gasteiger partial charge in [-0.15, -0.1) is 0 Å². The normalized spacial score (nSPS) is 15.5. The highest BCUT2D eigenvalue weighted by Gasteiger charge is 2.24. The van der Waals surface area contributed by atoms with Crippen molar-refractivity contribution < 1.29 is 13.9 Å². The third kappa shape index (κ3) is 2.66. The molecular weight excluding hydrogens is 278 g/mol. The molecule has 0 unspecified atom stereocenters. The number of aromatic amines is 1. The van der Waals surface area contributed by atoms with Crippen LogP contribution in [0.4, 0.5) is 8.78 Å². The minimum Gasteiger partial charge on any atom is -0.493 e. The zero-order valence-corrected chi connectivity index (χ0v) is 11.2. The Kier molecular flexibility index (Phi) is 3.45. The van der Waals surface area contributed by atoms with E-state index in [0.29, 0.717) is 0 Å². The summed E-state index contributed by atoms with van der Waals surface area (Å²) in [5.74, 6) is -1.94. The lowest BCUT2D eigenvalue weighted by Crippen LogP contribution is -2.17. The van der Waals surface area contributed by atoms with E-state index in [4.69, 9.17) is 0 Å². The van der Waals surface area contributed by atoms with Crippen molar-refractivity contribution >= 4 is 0 Å². The van der Waals surface area contributed by atoms with Crippen LogP contribution in [0.1, 0.15) is 37.2 Å². The summed E-state index contributed by atoms with van der Waals surface area (Å²) in [4.78, 5) is 18.6. The van der Waals surface area contributed by atoms with E-state index in [9.17, 15) is 18.7 Å². The number of hydrogen-bond donors (Lipinski definition) is 2. The Bertz CT molecular complexity index is 717. The van der Waals surface area contributed by atoms with Gasteiger partial charge in [-0.25, -0.2) is 8.78 Å². The van der Waals surface area contributed by atoms with E-state index in [0.717, 1.165) is 43.9 Å². The molecule has 21 heavy (non-hydrogen) atoms. The number of halogens is 2. The first-order valence-corrected chi connectivity index (χ1v) is 6.84. The second-order valence-corrected chi connectivity index (χ2v) is 5.29. The van der Waals surface area contributed by atoms with E-state index >= 15 is 0 Å². The quantitative estimate of drug-likeness (QED) is 0.894. The Morgan fingerprint density at radius 1 is 1.14 bits per heavy atom. The Hall–Kier alpha value is -2.24. The molecule has 0 spiro atoms. The molecule has 1 aromatic heterocycles. The molecule has 0 aliphatic heterocycles. The van der Waals surface area contributed by atoms with Crippen molar-refractivity contribution in [2.24, 2.45) is 0 Å². The van der Waals surface area contributed by atoms with E-state index in [-0.39, 0.29) is 28.7 Å². The molecular formula is C15H14F2N2O2. The second-order valence-electron chi connectivity index (χ2n) is 5.29. The molecule has 1 saturated carbocycles. The van der Waals surface area contributed by atoms with Gasteiger partial charge in [0.1, 0.15) is 17.5 Å². The van der Waals surface area contributed by atoms with E-state index in [1.807, 2.05) is 0 Å². The fourth-order valence-electron chi connectivity index (χ4n) is 2.88. The summed E-state index contributed by atoms with van der Waals surface area (Å²) in [5, 5.41) is 10.0. The maximum Gasteiger partial charge on any atom is 0.258 e. The minimum atomic E-state index is -0.771. The zero-order valence-electron chi connectivity index (χ0n) is 11.2. The molecule has 2 N–H and O–H groups in total. The van der Waals surface area contributed by atoms with Crippen molar-refractivity contribution in [2.45, 2.75) is 31.6 Å². The smallest absolute Gasteiger partial charge is 0.258 e. The lowest BCUT2D eigenvalue weighted by atomic mass is 10.00. The first-order chi connectivity index (χ1) is 10.0. The number of nitrogens with zero attached hydrogens (tertiary/aromatic N) is 1. The highest BCUT2D eigenvalue weighted by atomic mass is 19.1. The van der Waals surface area contributed by atoms with Crippen LogP contribution in [-0.4, -0.2) is 15.1 Å². The average Bonchev–Trinajstić information content (AvgIpc) is 2.90. The van der Waals surface area contributed by atoms with Gasteiger partial charge in [0.2, 0.25) is 5.88 Å². The molecule has 2 aromatic rings. The van der Waals surface area contributed by atoms with Gasteiger partial charge >= 0.3 is 0 Å². The monoisotopic (exact) mass is 292 g/mol. The van der Waals surface area contributed by atoms with E-state index < -0.39 is 17.2 Å². The molecule has 3 rings (SSSR count). The number of nitrogens with one attached hydrogen (secondary N) is 1. The number of aromatic hydroxyl groups is 1. The van der Waals surface area contributed by atoms with Crippen molar-refractivity contribution in [3.63, 3.8) is 0 Å². The van der Waals surface area contributed by atoms with Gasteiger partial charge in [0.25, 0.3) is 5.56 Å². The second kappa shape index (κ2) is 5.27. The maximum atomic E-state index is 13.2. The summed E-state index contributed by atoms with van der Waals surface area (Å²) >= 11 is 0. The van der Waals surface area contributed by atoms with E-state index in [1.165, 1.54) is 0 Å². The van der Waals surface area contributed by atoms with Gasteiger partial charge in [0.05, 0.1) is 5.56 Å². The van der Waals surface area contributed by atoms with Crippen molar-refractivity contribution in [1.82, 2.24) is 9.97 Å². The Labute approximate surface area is 119 Å². The summed E-state index contributed by atoms with van der Waals surface area (Å²) in [6.07, 6.45) is 3.71. The SMILES string of the molecule is O=c1[nH]c(-c2cc(F)cc(F)c2)nc(O)c1C1CCCC1. The topological polar surface area (TPSA) is 66.0 Å². The van der Waals surface area contributed by atoms with Gasteiger partial charge in [-0.05, 0) is 30.9 Å². The van der Waals surface area contributed by atoms with Gasteiger partial charge in [0, 0.05) is 11.6 Å². The van der Waals surface area contributed by atoms with Crippen molar-refractivity contribution in [1.29, 1.82) is 0 Å². The molecule has 0 radical (unpaired) electrons. The van der Waals surface area contributed by atoms with Crippen LogP contribution in [0.15, 0.2) is 23.0 Å². The number of rotatable bonds is 2. The maximum absolute atomic E-state index is 13.2. The number of hydrogen-bond acceptors (Lipinski definition) is 3. The molecule has 1 aliphatic rings. The van der Waals surface area contributed by atoms with Gasteiger partial charge in [-0.3, -0.25) is 4.79 Å². The van der Waals surface area contributed by atoms with Crippen molar-refractivity contribution in [2.75, 3.05) is 0 Å². The molecule has 0 amide bonds. The summed E-state index contributed by atoms with van der Waals surface area (Å²) in [6, 6.07) is 2.83. The third-order valence-electron chi connectivity index (χ3n) is 3.83. The third-order valence-corrected chi connectivity index (χ3v) is 3.83. The zero-order chi connectivity index (χ0) is 15.0. The highest BCUT2D eigenvalue weighted by Crippen LogP contribution is 2.35. The molecule has 1 fully saturated rings. The average molecular weight is 292 g/mol. The summed E-state index contributed by atoms with van der Waals surface area (Å²) in [6.45, 7) is 0. The molecule has 110 valence electrons. The summed E-state index contributed by atoms with van der Waals surface area (Å²) in [7, 11) is 0. The molecule has 1 aliphatic carbocycles. The predicted octanol–water partition coefficient (Wildman–Crippen LogP) is 3.08. The fourth-order valence-corrected chi connectivity index (χ4v) is 2.88. The first-order valence-electron chi connectivity index (χ1n) is 6.84. The minimum absolute atomic E-state index is 0.000421. The highest BCUT2D eigenvalue weighted by molar-refractivity contribution is 5.56. The van der Waals surface area contributed by atoms with Crippen LogP contribution in [0, 0.1) is 11.6 Å². The van der Waals surface area contributed by atoms with Crippen LogP contribution >= 0.6 is 0 Å². The van der Waals surface area contributed by atoms with Gasteiger partial charge < -0.3 is 10.1 Å². The van der Waals surface area contributed by atoms with Gasteiger partial charge in [-0.1, -0.05) is 12.8 Å². The summed E-state index contributed by atoms with van der Waals surface area (Å²) < 4.78 is 26.4. The van der Waals surface area contributed by atoms with Crippen LogP contribution in [0.2, 0.25) is 0 Å². The largest absolute Gasteiger partial charge is 0.493 e. The molecule has 4 nitrogen and oxygen atoms in total. The molecule has 1 aromatic carbocycles. The van der Waals surface area contributed by atoms with Gasteiger partial charge in [-0.2, -0.15) is 4.98 Å². The molecule has 1 heterocycles. The van der Waals surface area contributed by atoms with Crippen LogP contribution in [-0.2, 0) is 0 Å². The Morgan fingerprint density at radius 2 is 1.76 bits per heavy atom. The molecule has 0 atom stereocenters. The number of H-pyrrole nitrogens is 1. The van der Waals surface area contributed by atoms with E-state index in [2.05, 4.69) is 9.97 Å². The lowest BCUT2D eigenvalue weighted by molar-refractivity contribution is 0.436. The molecule has 6 heteroatoms. The van der Waals surface area contributed by atoms with E-state index in [1.54, 1.807) is 0 Å². The Balaban J connectivity index is 2.07. The Morgan fingerprint density at radius 3 is 2.33 bits per heavy atom. The van der Waals surface area contributed by atoms with Crippen molar-refractivity contribution in [3.05, 3.63) is 45.8 Å². The number of aromatic nitrogens is 2. The lowest BCUT2D eigenvalue weighted by Gasteiger charge is -2.11. The van der Waals surface area contributed by atoms with Crippen LogP contribution in [0.3, 0.4) is 0 Å². The van der Waals surface area contributed by atoms with Crippen molar-refractivity contribution in [3.8, 4) is 17.3 Å². The van der Waals surface area contributed by atoms with Crippen LogP contribution < -0.4 is 5.56 Å². The first kappa shape index (κ1) is 13.7. The van der Waals surface area contributed by atoms with Crippen LogP contribution in [0.5, 0.6) is 5.88 Å².